The largest absolute Gasteiger partial charge is 0.481 e. The highest BCUT2D eigenvalue weighted by atomic mass is 16.5. The molecule has 2 rings (SSSR count). The minimum absolute atomic E-state index is 0.147. The lowest BCUT2D eigenvalue weighted by Crippen LogP contribution is -2.34. The molecule has 1 aromatic rings. The van der Waals surface area contributed by atoms with Gasteiger partial charge in [0.1, 0.15) is 5.75 Å². The van der Waals surface area contributed by atoms with Crippen LogP contribution >= 0.6 is 0 Å². The molecule has 6 nitrogen and oxygen atoms in total. The Labute approximate surface area is 127 Å². The summed E-state index contributed by atoms with van der Waals surface area (Å²) in [5, 5.41) is 8.51. The molecule has 22 heavy (non-hydrogen) atoms. The van der Waals surface area contributed by atoms with Gasteiger partial charge in [0, 0.05) is 19.2 Å². The third-order valence-electron chi connectivity index (χ3n) is 3.33. The van der Waals surface area contributed by atoms with E-state index >= 15 is 0 Å². The molecule has 1 aliphatic heterocycles. The molecule has 1 aromatic carbocycles. The first-order valence-corrected chi connectivity index (χ1v) is 7.16. The number of rotatable bonds is 7. The molecule has 0 aromatic heterocycles. The molecule has 1 atom stereocenters. The SMILES string of the molecule is O=C(O)CCCCCN=C[C@H]1C(=O)Oc2ccccc2C1=O. The monoisotopic (exact) mass is 303 g/mol. The molecule has 0 aliphatic carbocycles. The third kappa shape index (κ3) is 4.00. The van der Waals surface area contributed by atoms with Crippen molar-refractivity contribution in [1.82, 2.24) is 0 Å². The number of Topliss-reactive ketones (excluding diaryl/α,β-unsaturated/α-hetero) is 1. The van der Waals surface area contributed by atoms with E-state index < -0.39 is 17.9 Å². The van der Waals surface area contributed by atoms with Crippen molar-refractivity contribution in [3.8, 4) is 5.75 Å². The number of carboxylic acids is 1. The highest BCUT2D eigenvalue weighted by Gasteiger charge is 2.34. The van der Waals surface area contributed by atoms with Crippen molar-refractivity contribution in [2.75, 3.05) is 6.54 Å². The number of benzene rings is 1. The van der Waals surface area contributed by atoms with Crippen LogP contribution in [-0.4, -0.2) is 35.6 Å². The van der Waals surface area contributed by atoms with Gasteiger partial charge in [-0.15, -0.1) is 0 Å². The van der Waals surface area contributed by atoms with Gasteiger partial charge in [-0.3, -0.25) is 19.4 Å². The highest BCUT2D eigenvalue weighted by Crippen LogP contribution is 2.26. The van der Waals surface area contributed by atoms with E-state index in [-0.39, 0.29) is 18.0 Å². The number of nitrogens with zero attached hydrogens (tertiary/aromatic N) is 1. The van der Waals surface area contributed by atoms with Crippen molar-refractivity contribution in [3.63, 3.8) is 0 Å². The predicted octanol–water partition coefficient (Wildman–Crippen LogP) is 2.12. The van der Waals surface area contributed by atoms with Gasteiger partial charge in [0.15, 0.2) is 11.7 Å². The Hall–Kier alpha value is -2.50. The zero-order valence-electron chi connectivity index (χ0n) is 12.0. The Kier molecular flexibility index (Phi) is 5.41. The first-order valence-electron chi connectivity index (χ1n) is 7.16. The molecule has 0 spiro atoms. The number of fused-ring (bicyclic) bond motifs is 1. The van der Waals surface area contributed by atoms with Crippen LogP contribution in [-0.2, 0) is 9.59 Å². The smallest absolute Gasteiger partial charge is 0.327 e. The average molecular weight is 303 g/mol. The number of hydrogen-bond acceptors (Lipinski definition) is 5. The zero-order chi connectivity index (χ0) is 15.9. The lowest BCUT2D eigenvalue weighted by molar-refractivity contribution is -0.137. The van der Waals surface area contributed by atoms with Gasteiger partial charge in [0.25, 0.3) is 0 Å². The van der Waals surface area contributed by atoms with Crippen molar-refractivity contribution in [3.05, 3.63) is 29.8 Å². The summed E-state index contributed by atoms with van der Waals surface area (Å²) in [7, 11) is 0. The van der Waals surface area contributed by atoms with Crippen LogP contribution in [0.25, 0.3) is 0 Å². The summed E-state index contributed by atoms with van der Waals surface area (Å²) in [6.45, 7) is 0.457. The van der Waals surface area contributed by atoms with E-state index in [1.807, 2.05) is 0 Å². The second kappa shape index (κ2) is 7.49. The lowest BCUT2D eigenvalue weighted by Gasteiger charge is -2.19. The molecular formula is C16H17NO5. The minimum atomic E-state index is -0.992. The van der Waals surface area contributed by atoms with Gasteiger partial charge in [0.2, 0.25) is 0 Å². The Morgan fingerprint density at radius 2 is 2.00 bits per heavy atom. The molecule has 0 saturated heterocycles. The number of carbonyl (C=O) groups is 3. The predicted molar refractivity (Wildman–Crippen MR) is 79.4 cm³/mol. The Morgan fingerprint density at radius 1 is 1.23 bits per heavy atom. The summed E-state index contributed by atoms with van der Waals surface area (Å²) < 4.78 is 5.12. The fourth-order valence-electron chi connectivity index (χ4n) is 2.17. The molecule has 116 valence electrons. The highest BCUT2D eigenvalue weighted by molar-refractivity contribution is 6.21. The maximum atomic E-state index is 12.2. The van der Waals surface area contributed by atoms with Gasteiger partial charge >= 0.3 is 11.9 Å². The van der Waals surface area contributed by atoms with Crippen molar-refractivity contribution < 1.29 is 24.2 Å². The third-order valence-corrected chi connectivity index (χ3v) is 3.33. The van der Waals surface area contributed by atoms with E-state index in [9.17, 15) is 14.4 Å². The summed E-state index contributed by atoms with van der Waals surface area (Å²) in [6.07, 6.45) is 3.54. The molecule has 1 aliphatic rings. The van der Waals surface area contributed by atoms with Gasteiger partial charge in [-0.05, 0) is 25.0 Å². The Balaban J connectivity index is 1.85. The molecule has 0 unspecified atom stereocenters. The normalized spacial score (nSPS) is 17.4. The standard InChI is InChI=1S/C16H17NO5/c18-14(19)8-2-1-5-9-17-10-12-15(20)11-6-3-4-7-13(11)22-16(12)21/h3-4,6-7,10,12H,1-2,5,8-9H2,(H,18,19)/t12-/m1/s1. The van der Waals surface area contributed by atoms with Crippen LogP contribution in [0.1, 0.15) is 36.0 Å². The average Bonchev–Trinajstić information content (AvgIpc) is 2.49. The number of esters is 1. The van der Waals surface area contributed by atoms with E-state index in [4.69, 9.17) is 9.84 Å². The van der Waals surface area contributed by atoms with Crippen molar-refractivity contribution in [2.24, 2.45) is 10.9 Å². The molecule has 0 radical (unpaired) electrons. The van der Waals surface area contributed by atoms with Gasteiger partial charge in [-0.25, -0.2) is 0 Å². The number of aliphatic imine (C=N–C) groups is 1. The summed E-state index contributed by atoms with van der Waals surface area (Å²) >= 11 is 0. The van der Waals surface area contributed by atoms with E-state index in [1.54, 1.807) is 24.3 Å². The number of carboxylic acid groups (broad SMARTS) is 1. The molecular weight excluding hydrogens is 286 g/mol. The van der Waals surface area contributed by atoms with E-state index in [2.05, 4.69) is 4.99 Å². The van der Waals surface area contributed by atoms with E-state index in [1.165, 1.54) is 6.21 Å². The summed E-state index contributed by atoms with van der Waals surface area (Å²) in [5.41, 5.74) is 0.389. The minimum Gasteiger partial charge on any atom is -0.481 e. The molecule has 1 heterocycles. The Bertz CT molecular complexity index is 608. The van der Waals surface area contributed by atoms with Crippen LogP contribution in [0.3, 0.4) is 0 Å². The van der Waals surface area contributed by atoms with Crippen molar-refractivity contribution >= 4 is 23.9 Å². The maximum Gasteiger partial charge on any atom is 0.327 e. The van der Waals surface area contributed by atoms with Gasteiger partial charge in [-0.1, -0.05) is 18.6 Å². The van der Waals surface area contributed by atoms with Crippen LogP contribution in [0.4, 0.5) is 0 Å². The number of hydrogen-bond donors (Lipinski definition) is 1. The quantitative estimate of drug-likeness (QED) is 0.274. The lowest BCUT2D eigenvalue weighted by atomic mass is 9.95. The molecule has 0 amide bonds. The molecule has 1 N–H and O–H groups in total. The van der Waals surface area contributed by atoms with E-state index in [0.717, 1.165) is 12.8 Å². The summed E-state index contributed by atoms with van der Waals surface area (Å²) in [5.74, 6) is -2.43. The van der Waals surface area contributed by atoms with E-state index in [0.29, 0.717) is 18.5 Å². The fraction of sp³-hybridized carbons (Fsp3) is 0.375. The number of ketones is 1. The van der Waals surface area contributed by atoms with Crippen molar-refractivity contribution in [2.45, 2.75) is 25.7 Å². The topological polar surface area (TPSA) is 93.0 Å². The van der Waals surface area contributed by atoms with Gasteiger partial charge in [-0.2, -0.15) is 0 Å². The van der Waals surface area contributed by atoms with Crippen LogP contribution in [0, 0.1) is 5.92 Å². The fourth-order valence-corrected chi connectivity index (χ4v) is 2.17. The number of para-hydroxylation sites is 1. The Morgan fingerprint density at radius 3 is 2.77 bits per heavy atom. The summed E-state index contributed by atoms with van der Waals surface area (Å²) in [6, 6.07) is 6.62. The van der Waals surface area contributed by atoms with Gasteiger partial charge in [0.05, 0.1) is 5.56 Å². The summed E-state index contributed by atoms with van der Waals surface area (Å²) in [4.78, 5) is 38.5. The number of aliphatic carboxylic acids is 1. The zero-order valence-corrected chi connectivity index (χ0v) is 12.0. The number of ether oxygens (including phenoxy) is 1. The number of carbonyl (C=O) groups excluding carboxylic acids is 2. The van der Waals surface area contributed by atoms with Crippen molar-refractivity contribution in [1.29, 1.82) is 0 Å². The van der Waals surface area contributed by atoms with Crippen LogP contribution in [0.5, 0.6) is 5.75 Å². The second-order valence-corrected chi connectivity index (χ2v) is 5.02. The maximum absolute atomic E-state index is 12.2. The van der Waals surface area contributed by atoms with Crippen LogP contribution in [0.15, 0.2) is 29.3 Å². The molecule has 0 saturated carbocycles. The van der Waals surface area contributed by atoms with Crippen LogP contribution < -0.4 is 4.74 Å². The van der Waals surface area contributed by atoms with Crippen LogP contribution in [0.2, 0.25) is 0 Å². The number of unbranched alkanes of at least 4 members (excludes halogenated alkanes) is 2. The van der Waals surface area contributed by atoms with Gasteiger partial charge < -0.3 is 9.84 Å². The first kappa shape index (κ1) is 15.9. The molecule has 0 fully saturated rings. The first-order chi connectivity index (χ1) is 10.6. The second-order valence-electron chi connectivity index (χ2n) is 5.02. The molecule has 6 heteroatoms. The molecule has 0 bridgehead atoms.